The second-order valence-electron chi connectivity index (χ2n) is 6.38. The van der Waals surface area contributed by atoms with Gasteiger partial charge >= 0.3 is 0 Å². The van der Waals surface area contributed by atoms with Crippen molar-refractivity contribution in [3.63, 3.8) is 0 Å². The number of nitrogens with zero attached hydrogens (tertiary/aromatic N) is 3. The second kappa shape index (κ2) is 7.85. The van der Waals surface area contributed by atoms with Crippen LogP contribution in [0.1, 0.15) is 21.6 Å². The molecule has 4 nitrogen and oxygen atoms in total. The van der Waals surface area contributed by atoms with Gasteiger partial charge in [0.2, 0.25) is 0 Å². The maximum absolute atomic E-state index is 13.7. The van der Waals surface area contributed by atoms with Crippen LogP contribution in [0.2, 0.25) is 5.02 Å². The average molecular weight is 430 g/mol. The van der Waals surface area contributed by atoms with Crippen LogP contribution in [-0.4, -0.2) is 15.9 Å². The molecule has 0 fully saturated rings. The fourth-order valence-electron chi connectivity index (χ4n) is 2.87. The molecule has 29 heavy (non-hydrogen) atoms. The summed E-state index contributed by atoms with van der Waals surface area (Å²) in [7, 11) is 0. The van der Waals surface area contributed by atoms with Gasteiger partial charge in [0.25, 0.3) is 5.91 Å². The number of aryl methyl sites for hydroxylation is 1. The minimum absolute atomic E-state index is 0.0157. The Morgan fingerprint density at radius 2 is 1.97 bits per heavy atom. The zero-order chi connectivity index (χ0) is 20.5. The monoisotopic (exact) mass is 429 g/mol. The van der Waals surface area contributed by atoms with Crippen molar-refractivity contribution in [1.82, 2.24) is 9.97 Å². The van der Waals surface area contributed by atoms with Gasteiger partial charge < -0.3 is 0 Å². The summed E-state index contributed by atoms with van der Waals surface area (Å²) in [4.78, 5) is 23.5. The molecule has 0 unspecified atom stereocenters. The summed E-state index contributed by atoms with van der Waals surface area (Å²) in [5.41, 5.74) is 2.26. The van der Waals surface area contributed by atoms with Crippen LogP contribution in [-0.2, 0) is 6.54 Å². The normalized spacial score (nSPS) is 11.0. The summed E-state index contributed by atoms with van der Waals surface area (Å²) >= 11 is 7.57. The minimum atomic E-state index is -1.09. The quantitative estimate of drug-likeness (QED) is 0.413. The molecule has 2 aromatic heterocycles. The molecule has 0 aliphatic heterocycles. The maximum Gasteiger partial charge on any atom is 0.260 e. The molecule has 0 N–H and O–H groups in total. The molecule has 0 radical (unpaired) electrons. The van der Waals surface area contributed by atoms with Crippen molar-refractivity contribution in [2.75, 3.05) is 4.90 Å². The van der Waals surface area contributed by atoms with Crippen molar-refractivity contribution < 1.29 is 13.6 Å². The SMILES string of the molecule is Cc1ccc(Cl)c2sc(N(Cc3ccccn3)C(=O)c3ccc(F)c(F)c3)nc12. The van der Waals surface area contributed by atoms with Crippen LogP contribution in [0.3, 0.4) is 0 Å². The first-order valence-corrected chi connectivity index (χ1v) is 9.86. The first kappa shape index (κ1) is 19.4. The number of hydrogen-bond donors (Lipinski definition) is 0. The molecule has 0 aliphatic carbocycles. The number of aromatic nitrogens is 2. The molecule has 146 valence electrons. The lowest BCUT2D eigenvalue weighted by atomic mass is 10.2. The first-order chi connectivity index (χ1) is 13.9. The number of pyridine rings is 1. The number of amides is 1. The summed E-state index contributed by atoms with van der Waals surface area (Å²) in [6.07, 6.45) is 1.62. The van der Waals surface area contributed by atoms with Gasteiger partial charge in [0, 0.05) is 11.8 Å². The number of halogens is 3. The fraction of sp³-hybridized carbons (Fsp3) is 0.0952. The van der Waals surface area contributed by atoms with Crippen molar-refractivity contribution in [1.29, 1.82) is 0 Å². The van der Waals surface area contributed by atoms with Crippen LogP contribution in [0.4, 0.5) is 13.9 Å². The van der Waals surface area contributed by atoms with Gasteiger partial charge in [0.15, 0.2) is 16.8 Å². The van der Waals surface area contributed by atoms with Gasteiger partial charge in [0.1, 0.15) is 0 Å². The topological polar surface area (TPSA) is 46.1 Å². The third-order valence-electron chi connectivity index (χ3n) is 4.37. The minimum Gasteiger partial charge on any atom is -0.278 e. The molecule has 0 saturated heterocycles. The van der Waals surface area contributed by atoms with E-state index in [1.807, 2.05) is 19.1 Å². The Kier molecular flexibility index (Phi) is 5.25. The molecule has 0 bridgehead atoms. The number of benzene rings is 2. The Balaban J connectivity index is 1.82. The predicted molar refractivity (Wildman–Crippen MR) is 110 cm³/mol. The van der Waals surface area contributed by atoms with E-state index in [0.717, 1.165) is 22.4 Å². The lowest BCUT2D eigenvalue weighted by Gasteiger charge is -2.19. The Labute approximate surface area is 174 Å². The number of fused-ring (bicyclic) bond motifs is 1. The highest BCUT2D eigenvalue weighted by Gasteiger charge is 2.24. The van der Waals surface area contributed by atoms with Crippen molar-refractivity contribution in [2.24, 2.45) is 0 Å². The standard InChI is InChI=1S/C21H14ClF2N3OS/c1-12-5-7-15(22)19-18(12)26-21(29-19)27(11-14-4-2-3-9-25-14)20(28)13-6-8-16(23)17(24)10-13/h2-10H,11H2,1H3. The molecule has 0 spiro atoms. The number of carbonyl (C=O) groups excluding carboxylic acids is 1. The molecule has 0 atom stereocenters. The van der Waals surface area contributed by atoms with Crippen LogP contribution < -0.4 is 4.90 Å². The second-order valence-corrected chi connectivity index (χ2v) is 7.76. The van der Waals surface area contributed by atoms with E-state index in [4.69, 9.17) is 11.6 Å². The largest absolute Gasteiger partial charge is 0.278 e. The van der Waals surface area contributed by atoms with Crippen LogP contribution >= 0.6 is 22.9 Å². The average Bonchev–Trinajstić information content (AvgIpc) is 3.18. The zero-order valence-corrected chi connectivity index (χ0v) is 16.8. The molecule has 8 heteroatoms. The highest BCUT2D eigenvalue weighted by Crippen LogP contribution is 2.36. The van der Waals surface area contributed by atoms with E-state index in [1.165, 1.54) is 22.3 Å². The predicted octanol–water partition coefficient (Wildman–Crippen LogP) is 5.78. The molecular weight excluding hydrogens is 416 g/mol. The zero-order valence-electron chi connectivity index (χ0n) is 15.2. The molecule has 1 amide bonds. The molecule has 0 aliphatic rings. The molecule has 2 heterocycles. The third-order valence-corrected chi connectivity index (χ3v) is 5.91. The Morgan fingerprint density at radius 3 is 2.66 bits per heavy atom. The molecule has 2 aromatic carbocycles. The number of carbonyl (C=O) groups is 1. The van der Waals surface area contributed by atoms with Gasteiger partial charge in [-0.1, -0.05) is 35.1 Å². The summed E-state index contributed by atoms with van der Waals surface area (Å²) in [5, 5.41) is 0.934. The maximum atomic E-state index is 13.7. The fourth-order valence-corrected chi connectivity index (χ4v) is 4.19. The van der Waals surface area contributed by atoms with Gasteiger partial charge in [-0.05, 0) is 48.9 Å². The molecule has 4 aromatic rings. The van der Waals surface area contributed by atoms with E-state index >= 15 is 0 Å². The first-order valence-electron chi connectivity index (χ1n) is 8.66. The highest BCUT2D eigenvalue weighted by molar-refractivity contribution is 7.23. The summed E-state index contributed by atoms with van der Waals surface area (Å²) in [5.74, 6) is -2.61. The van der Waals surface area contributed by atoms with E-state index in [1.54, 1.807) is 24.4 Å². The van der Waals surface area contributed by atoms with Crippen molar-refractivity contribution in [3.8, 4) is 0 Å². The lowest BCUT2D eigenvalue weighted by molar-refractivity contribution is 0.0984. The summed E-state index contributed by atoms with van der Waals surface area (Å²) < 4.78 is 27.8. The highest BCUT2D eigenvalue weighted by atomic mass is 35.5. The van der Waals surface area contributed by atoms with Gasteiger partial charge in [0.05, 0.1) is 27.5 Å². The van der Waals surface area contributed by atoms with Crippen LogP contribution in [0.25, 0.3) is 10.2 Å². The van der Waals surface area contributed by atoms with E-state index in [-0.39, 0.29) is 12.1 Å². The summed E-state index contributed by atoms with van der Waals surface area (Å²) in [6.45, 7) is 2.03. The molecule has 0 saturated carbocycles. The van der Waals surface area contributed by atoms with E-state index < -0.39 is 17.5 Å². The van der Waals surface area contributed by atoms with Crippen LogP contribution in [0, 0.1) is 18.6 Å². The van der Waals surface area contributed by atoms with Crippen LogP contribution in [0.15, 0.2) is 54.7 Å². The number of rotatable bonds is 4. The van der Waals surface area contributed by atoms with E-state index in [2.05, 4.69) is 9.97 Å². The van der Waals surface area contributed by atoms with Gasteiger partial charge in [-0.3, -0.25) is 14.7 Å². The summed E-state index contributed by atoms with van der Waals surface area (Å²) in [6, 6.07) is 12.0. The van der Waals surface area contributed by atoms with E-state index in [9.17, 15) is 13.6 Å². The number of anilines is 1. The number of thiazole rings is 1. The van der Waals surface area contributed by atoms with Crippen molar-refractivity contribution >= 4 is 44.2 Å². The van der Waals surface area contributed by atoms with Crippen molar-refractivity contribution in [3.05, 3.63) is 88.2 Å². The van der Waals surface area contributed by atoms with E-state index in [0.29, 0.717) is 21.4 Å². The molecular formula is C21H14ClF2N3OS. The molecule has 4 rings (SSSR count). The third kappa shape index (κ3) is 3.83. The Morgan fingerprint density at radius 1 is 1.14 bits per heavy atom. The Hall–Kier alpha value is -2.90. The Bertz CT molecular complexity index is 1170. The van der Waals surface area contributed by atoms with Gasteiger partial charge in [-0.2, -0.15) is 0 Å². The van der Waals surface area contributed by atoms with Crippen molar-refractivity contribution in [2.45, 2.75) is 13.5 Å². The smallest absolute Gasteiger partial charge is 0.260 e. The van der Waals surface area contributed by atoms with Gasteiger partial charge in [-0.15, -0.1) is 0 Å². The van der Waals surface area contributed by atoms with Crippen LogP contribution in [0.5, 0.6) is 0 Å². The number of hydrogen-bond acceptors (Lipinski definition) is 4. The van der Waals surface area contributed by atoms with Gasteiger partial charge in [-0.25, -0.2) is 13.8 Å². The lowest BCUT2D eigenvalue weighted by Crippen LogP contribution is -2.30.